The first kappa shape index (κ1) is 16.4. The first-order chi connectivity index (χ1) is 8.20. The Labute approximate surface area is 131 Å². The Morgan fingerprint density at radius 3 is 2.63 bits per heavy atom. The third-order valence-corrected chi connectivity index (χ3v) is 3.18. The van der Waals surface area contributed by atoms with Gasteiger partial charge < -0.3 is 10.6 Å². The number of hydrogen-bond acceptors (Lipinski definition) is 5. The average Bonchev–Trinajstić information content (AvgIpc) is 2.47. The van der Waals surface area contributed by atoms with Crippen molar-refractivity contribution in [3.63, 3.8) is 0 Å². The van der Waals surface area contributed by atoms with Gasteiger partial charge in [-0.1, -0.05) is 6.08 Å². The minimum atomic E-state index is -4.81. The molecular formula is C8H12N3NaO6S. The molecule has 1 fully saturated rings. The number of hydrogen-bond donors (Lipinski definition) is 2. The second-order valence-electron chi connectivity index (χ2n) is 4.04. The first-order valence-electron chi connectivity index (χ1n) is 4.95. The maximum atomic E-state index is 11.8. The Morgan fingerprint density at radius 2 is 2.16 bits per heavy atom. The number of hydroxylamine groups is 2. The molecule has 2 rings (SSSR count). The van der Waals surface area contributed by atoms with Crippen LogP contribution < -0.4 is 5.73 Å². The molecule has 2 atom stereocenters. The van der Waals surface area contributed by atoms with E-state index in [0.29, 0.717) is 10.6 Å². The summed E-state index contributed by atoms with van der Waals surface area (Å²) in [6.07, 6.45) is 1.46. The summed E-state index contributed by atoms with van der Waals surface area (Å²) in [6, 6.07) is -2.45. The summed E-state index contributed by atoms with van der Waals surface area (Å²) in [6.45, 7) is 1.68. The Balaban J connectivity index is 0.00000180. The summed E-state index contributed by atoms with van der Waals surface area (Å²) >= 11 is 0. The van der Waals surface area contributed by atoms with Crippen LogP contribution in [-0.4, -0.2) is 83.1 Å². The molecule has 3 amide bonds. The van der Waals surface area contributed by atoms with Gasteiger partial charge in [-0.2, -0.15) is 13.5 Å². The molecular weight excluding hydrogens is 289 g/mol. The molecule has 2 bridgehead atoms. The number of nitrogens with two attached hydrogens (primary N) is 1. The van der Waals surface area contributed by atoms with E-state index in [1.165, 1.54) is 6.08 Å². The van der Waals surface area contributed by atoms with Crippen molar-refractivity contribution in [3.8, 4) is 0 Å². The van der Waals surface area contributed by atoms with Crippen LogP contribution in [0.2, 0.25) is 0 Å². The van der Waals surface area contributed by atoms with Crippen LogP contribution in [0.15, 0.2) is 11.6 Å². The van der Waals surface area contributed by atoms with Crippen LogP contribution in [0.4, 0.5) is 4.79 Å². The standard InChI is InChI=1S/C8H11N3O6S.Na.H/c1-4-2-5(7(9)12)10-3-6(4)11(8(10)13)17-18(14,15)16;;/h2,5-6H,3H2,1H3,(H2,9,12)(H,14,15,16);;/t5-,6-;;/m0../s1. The fourth-order valence-electron chi connectivity index (χ4n) is 2.03. The fourth-order valence-corrected chi connectivity index (χ4v) is 2.40. The van der Waals surface area contributed by atoms with E-state index in [4.69, 9.17) is 10.3 Å². The number of urea groups is 1. The van der Waals surface area contributed by atoms with Crippen molar-refractivity contribution in [2.45, 2.75) is 19.0 Å². The summed E-state index contributed by atoms with van der Waals surface area (Å²) in [5.41, 5.74) is 5.70. The van der Waals surface area contributed by atoms with Crippen LogP contribution in [0.1, 0.15) is 6.92 Å². The second-order valence-corrected chi connectivity index (χ2v) is 5.04. The van der Waals surface area contributed by atoms with E-state index in [1.54, 1.807) is 6.92 Å². The monoisotopic (exact) mass is 301 g/mol. The predicted molar refractivity (Wildman–Crippen MR) is 64.3 cm³/mol. The van der Waals surface area contributed by atoms with Crippen LogP contribution >= 0.6 is 0 Å². The molecule has 0 spiro atoms. The molecule has 0 aromatic rings. The van der Waals surface area contributed by atoms with Crippen LogP contribution in [0.3, 0.4) is 0 Å². The molecule has 0 saturated carbocycles. The fraction of sp³-hybridized carbons (Fsp3) is 0.500. The van der Waals surface area contributed by atoms with E-state index in [9.17, 15) is 18.0 Å². The SMILES string of the molecule is CC1=C[C@@H](C(N)=O)N2C[C@@H]1N(OS(=O)(=O)O)C2=O.[NaH]. The summed E-state index contributed by atoms with van der Waals surface area (Å²) in [7, 11) is -4.81. The van der Waals surface area contributed by atoms with E-state index < -0.39 is 34.4 Å². The molecule has 9 nitrogen and oxygen atoms in total. The van der Waals surface area contributed by atoms with E-state index in [-0.39, 0.29) is 36.1 Å². The Morgan fingerprint density at radius 1 is 1.58 bits per heavy atom. The summed E-state index contributed by atoms with van der Waals surface area (Å²) in [5.74, 6) is -0.727. The molecule has 2 aliphatic rings. The number of carbonyl (C=O) groups is 2. The van der Waals surface area contributed by atoms with Gasteiger partial charge in [0.2, 0.25) is 5.91 Å². The molecule has 0 aromatic carbocycles. The zero-order valence-corrected chi connectivity index (χ0v) is 10.1. The van der Waals surface area contributed by atoms with Crippen molar-refractivity contribution in [2.24, 2.45) is 5.73 Å². The first-order valence-corrected chi connectivity index (χ1v) is 6.31. The molecule has 11 heteroatoms. The van der Waals surface area contributed by atoms with Gasteiger partial charge in [0.05, 0.1) is 6.54 Å². The van der Waals surface area contributed by atoms with E-state index in [2.05, 4.69) is 4.28 Å². The second kappa shape index (κ2) is 5.38. The number of fused-ring (bicyclic) bond motifs is 2. The maximum absolute atomic E-state index is 11.8. The molecule has 102 valence electrons. The molecule has 0 unspecified atom stereocenters. The van der Waals surface area contributed by atoms with Gasteiger partial charge in [-0.3, -0.25) is 9.35 Å². The van der Waals surface area contributed by atoms with E-state index in [1.807, 2.05) is 0 Å². The summed E-state index contributed by atoms with van der Waals surface area (Å²) < 4.78 is 34.1. The van der Waals surface area contributed by atoms with Crippen LogP contribution in [0.5, 0.6) is 0 Å². The number of rotatable bonds is 3. The van der Waals surface area contributed by atoms with Gasteiger partial charge in [-0.05, 0) is 12.5 Å². The van der Waals surface area contributed by atoms with Crippen molar-refractivity contribution >= 4 is 51.9 Å². The van der Waals surface area contributed by atoms with Crippen LogP contribution in [0.25, 0.3) is 0 Å². The Kier molecular flexibility index (Phi) is 4.65. The Bertz CT molecular complexity index is 547. The molecule has 2 aliphatic heterocycles. The molecule has 0 aromatic heterocycles. The van der Waals surface area contributed by atoms with Crippen molar-refractivity contribution in [1.29, 1.82) is 0 Å². The van der Waals surface area contributed by atoms with Gasteiger partial charge in [0, 0.05) is 0 Å². The Hall–Kier alpha value is -0.650. The number of amides is 3. The van der Waals surface area contributed by atoms with Crippen molar-refractivity contribution in [2.75, 3.05) is 6.54 Å². The predicted octanol–water partition coefficient (Wildman–Crippen LogP) is -2.01. The normalized spacial score (nSPS) is 26.0. The number of primary amides is 1. The quantitative estimate of drug-likeness (QED) is 0.352. The van der Waals surface area contributed by atoms with Crippen molar-refractivity contribution in [3.05, 3.63) is 11.6 Å². The molecule has 2 heterocycles. The van der Waals surface area contributed by atoms with Crippen LogP contribution in [-0.2, 0) is 19.5 Å². The van der Waals surface area contributed by atoms with Gasteiger partial charge >= 0.3 is 46.0 Å². The minimum absolute atomic E-state index is 0. The molecule has 0 aliphatic carbocycles. The van der Waals surface area contributed by atoms with Gasteiger partial charge in [0.25, 0.3) is 0 Å². The molecule has 1 saturated heterocycles. The van der Waals surface area contributed by atoms with Crippen molar-refractivity contribution < 1.29 is 26.8 Å². The van der Waals surface area contributed by atoms with Crippen LogP contribution in [0, 0.1) is 0 Å². The number of carbonyl (C=O) groups excluding carboxylic acids is 2. The van der Waals surface area contributed by atoms with Gasteiger partial charge in [-0.25, -0.2) is 4.79 Å². The third-order valence-electron chi connectivity index (χ3n) is 2.84. The van der Waals surface area contributed by atoms with E-state index in [0.717, 1.165) is 4.90 Å². The van der Waals surface area contributed by atoms with Gasteiger partial charge in [-0.15, -0.1) is 4.28 Å². The summed E-state index contributed by atoms with van der Waals surface area (Å²) in [5, 5.41) is 0.518. The van der Waals surface area contributed by atoms with Gasteiger partial charge in [0.1, 0.15) is 12.1 Å². The number of nitrogens with zero attached hydrogens (tertiary/aromatic N) is 2. The zero-order chi connectivity index (χ0) is 13.7. The van der Waals surface area contributed by atoms with E-state index >= 15 is 0 Å². The molecule has 3 N–H and O–H groups in total. The third kappa shape index (κ3) is 3.09. The zero-order valence-electron chi connectivity index (χ0n) is 9.31. The summed E-state index contributed by atoms with van der Waals surface area (Å²) in [4.78, 5) is 24.1. The van der Waals surface area contributed by atoms with Gasteiger partial charge in [0.15, 0.2) is 0 Å². The van der Waals surface area contributed by atoms with Crippen molar-refractivity contribution in [1.82, 2.24) is 9.96 Å². The average molecular weight is 301 g/mol. The molecule has 19 heavy (non-hydrogen) atoms. The molecule has 0 radical (unpaired) electrons. The topological polar surface area (TPSA) is 130 Å².